The number of hydrogen-bond acceptors (Lipinski definition) is 6. The van der Waals surface area contributed by atoms with Crippen molar-refractivity contribution in [3.8, 4) is 17.0 Å². The first-order valence-corrected chi connectivity index (χ1v) is 17.8. The minimum atomic E-state index is -3.97. The number of rotatable bonds is 6. The van der Waals surface area contributed by atoms with Gasteiger partial charge in [-0.05, 0) is 68.5 Å². The van der Waals surface area contributed by atoms with Gasteiger partial charge in [0.15, 0.2) is 0 Å². The van der Waals surface area contributed by atoms with Crippen molar-refractivity contribution < 1.29 is 22.7 Å². The summed E-state index contributed by atoms with van der Waals surface area (Å²) in [7, 11) is 2.58. The van der Waals surface area contributed by atoms with Gasteiger partial charge in [-0.1, -0.05) is 37.5 Å². The van der Waals surface area contributed by atoms with Crippen LogP contribution in [0.5, 0.6) is 5.75 Å². The fraction of sp³-hybridized carbons (Fsp3) is 0.486. The van der Waals surface area contributed by atoms with Crippen LogP contribution in [0.3, 0.4) is 0 Å². The second-order valence-corrected chi connectivity index (χ2v) is 15.4. The highest BCUT2D eigenvalue weighted by molar-refractivity contribution is 7.87. The summed E-state index contributed by atoms with van der Waals surface area (Å²) in [4.78, 5) is 32.3. The van der Waals surface area contributed by atoms with E-state index in [1.54, 1.807) is 19.2 Å². The molecule has 3 aromatic rings. The minimum Gasteiger partial charge on any atom is -0.496 e. The number of piperazine rings is 1. The molecular weight excluding hydrogens is 602 g/mol. The molecule has 4 heterocycles. The molecule has 2 amide bonds. The largest absolute Gasteiger partial charge is 0.496 e. The standard InChI is InChI=1S/C35H43N5O5S/c1-37(2)46(43,44)36-34(41)23-13-16-28-30(18-23)39-19-24(35(42)40-25-14-15-26(40)21-38(3)20-25)17-29-27(11-8-12-31(29)45-4)33(39)32(28)22-9-6-5-7-10-22/h8,11-13,16-18,22,25-26H,5-7,9-10,14-15,19-21H2,1-4H3,(H,36,41). The molecule has 0 spiro atoms. The molecule has 0 radical (unpaired) electrons. The van der Waals surface area contributed by atoms with Gasteiger partial charge in [0, 0.05) is 72.4 Å². The minimum absolute atomic E-state index is 0.0531. The maximum atomic E-state index is 14.6. The number of methoxy groups -OCH3 is 1. The number of fused-ring (bicyclic) bond motifs is 7. The van der Waals surface area contributed by atoms with Crippen LogP contribution in [0, 0.1) is 0 Å². The molecule has 1 aromatic heterocycles. The summed E-state index contributed by atoms with van der Waals surface area (Å²) in [5.41, 5.74) is 5.93. The van der Waals surface area contributed by atoms with Gasteiger partial charge in [-0.2, -0.15) is 12.7 Å². The van der Waals surface area contributed by atoms with Crippen molar-refractivity contribution >= 4 is 39.0 Å². The van der Waals surface area contributed by atoms with Crippen molar-refractivity contribution in [3.63, 3.8) is 0 Å². The molecule has 2 atom stereocenters. The number of carbonyl (C=O) groups is 2. The van der Waals surface area contributed by atoms with Crippen LogP contribution in [0.15, 0.2) is 42.0 Å². The van der Waals surface area contributed by atoms with Gasteiger partial charge in [-0.3, -0.25) is 9.59 Å². The number of carbonyl (C=O) groups excluding carboxylic acids is 2. The Hall–Kier alpha value is -3.67. The van der Waals surface area contributed by atoms with E-state index < -0.39 is 16.1 Å². The average molecular weight is 646 g/mol. The Morgan fingerprint density at radius 2 is 1.70 bits per heavy atom. The number of aromatic nitrogens is 1. The lowest BCUT2D eigenvalue weighted by molar-refractivity contribution is -0.132. The highest BCUT2D eigenvalue weighted by Gasteiger charge is 2.43. The van der Waals surface area contributed by atoms with Crippen molar-refractivity contribution in [2.24, 2.45) is 0 Å². The quantitative estimate of drug-likeness (QED) is 0.420. The predicted molar refractivity (Wildman–Crippen MR) is 179 cm³/mol. The number of likely N-dealkylation sites (N-methyl/N-ethyl adjacent to an activating group) is 1. The lowest BCUT2D eigenvalue weighted by atomic mass is 9.81. The van der Waals surface area contributed by atoms with Crippen LogP contribution in [0.2, 0.25) is 0 Å². The highest BCUT2D eigenvalue weighted by Crippen LogP contribution is 2.48. The second-order valence-electron chi connectivity index (χ2n) is 13.5. The second kappa shape index (κ2) is 11.8. The number of nitrogens with zero attached hydrogens (tertiary/aromatic N) is 4. The summed E-state index contributed by atoms with van der Waals surface area (Å²) in [5.74, 6) is 0.400. The normalized spacial score (nSPS) is 21.9. The molecule has 244 valence electrons. The van der Waals surface area contributed by atoms with E-state index in [0.717, 1.165) is 83.6 Å². The Morgan fingerprint density at radius 1 is 0.978 bits per heavy atom. The van der Waals surface area contributed by atoms with Crippen LogP contribution in [-0.4, -0.2) is 92.3 Å². The molecule has 2 unspecified atom stereocenters. The molecule has 1 saturated carbocycles. The average Bonchev–Trinajstić information content (AvgIpc) is 3.43. The van der Waals surface area contributed by atoms with Crippen molar-refractivity contribution in [1.29, 1.82) is 0 Å². The first-order chi connectivity index (χ1) is 22.1. The Balaban J connectivity index is 1.43. The Kier molecular flexibility index (Phi) is 7.97. The van der Waals surface area contributed by atoms with E-state index >= 15 is 0 Å². The van der Waals surface area contributed by atoms with Crippen molar-refractivity contribution in [2.45, 2.75) is 69.5 Å². The molecule has 4 aliphatic rings. The van der Waals surface area contributed by atoms with Gasteiger partial charge < -0.3 is 19.1 Å². The van der Waals surface area contributed by atoms with Crippen molar-refractivity contribution in [1.82, 2.24) is 23.4 Å². The van der Waals surface area contributed by atoms with E-state index in [2.05, 4.69) is 32.2 Å². The van der Waals surface area contributed by atoms with Gasteiger partial charge in [0.1, 0.15) is 5.75 Å². The third-order valence-electron chi connectivity index (χ3n) is 10.4. The number of amides is 2. The van der Waals surface area contributed by atoms with Crippen LogP contribution < -0.4 is 9.46 Å². The van der Waals surface area contributed by atoms with Gasteiger partial charge in [0.05, 0.1) is 19.3 Å². The van der Waals surface area contributed by atoms with Crippen molar-refractivity contribution in [2.75, 3.05) is 41.3 Å². The summed E-state index contributed by atoms with van der Waals surface area (Å²) in [6, 6.07) is 11.9. The molecule has 2 bridgehead atoms. The molecular formula is C35H43N5O5S. The van der Waals surface area contributed by atoms with Crippen LogP contribution >= 0.6 is 0 Å². The number of ether oxygens (including phenoxy) is 1. The maximum Gasteiger partial charge on any atom is 0.303 e. The summed E-state index contributed by atoms with van der Waals surface area (Å²) in [6.45, 7) is 2.07. The monoisotopic (exact) mass is 645 g/mol. The molecule has 1 N–H and O–H groups in total. The molecule has 2 saturated heterocycles. The van der Waals surface area contributed by atoms with E-state index in [1.807, 2.05) is 24.3 Å². The number of nitrogens with one attached hydrogen (secondary N) is 1. The Labute approximate surface area is 271 Å². The summed E-state index contributed by atoms with van der Waals surface area (Å²) < 4.78 is 36.3. The van der Waals surface area contributed by atoms with Gasteiger partial charge >= 0.3 is 10.2 Å². The Morgan fingerprint density at radius 3 is 2.37 bits per heavy atom. The van der Waals surface area contributed by atoms with E-state index in [1.165, 1.54) is 26.1 Å². The van der Waals surface area contributed by atoms with Gasteiger partial charge in [-0.15, -0.1) is 0 Å². The van der Waals surface area contributed by atoms with Crippen LogP contribution in [-0.2, 0) is 21.5 Å². The van der Waals surface area contributed by atoms with Crippen LogP contribution in [0.4, 0.5) is 0 Å². The molecule has 1 aliphatic carbocycles. The topological polar surface area (TPSA) is 104 Å². The number of likely N-dealkylation sites (tertiary alicyclic amines) is 1. The summed E-state index contributed by atoms with van der Waals surface area (Å²) in [5, 5.41) is 1.04. The smallest absolute Gasteiger partial charge is 0.303 e. The summed E-state index contributed by atoms with van der Waals surface area (Å²) >= 11 is 0. The summed E-state index contributed by atoms with van der Waals surface area (Å²) in [6.07, 6.45) is 9.69. The van der Waals surface area contributed by atoms with E-state index in [9.17, 15) is 18.0 Å². The van der Waals surface area contributed by atoms with Crippen LogP contribution in [0.25, 0.3) is 28.2 Å². The zero-order valence-corrected chi connectivity index (χ0v) is 27.9. The Bertz CT molecular complexity index is 1840. The van der Waals surface area contributed by atoms with E-state index in [0.29, 0.717) is 23.8 Å². The zero-order chi connectivity index (χ0) is 32.3. The molecule has 7 rings (SSSR count). The van der Waals surface area contributed by atoms with Gasteiger partial charge in [0.25, 0.3) is 11.8 Å². The number of hydrogen-bond donors (Lipinski definition) is 1. The van der Waals surface area contributed by atoms with E-state index in [-0.39, 0.29) is 23.6 Å². The third-order valence-corrected chi connectivity index (χ3v) is 11.8. The van der Waals surface area contributed by atoms with Gasteiger partial charge in [0.2, 0.25) is 0 Å². The SMILES string of the molecule is COc1cccc2c1C=C(C(=O)N1C3CCC1CN(C)C3)Cn1c-2c(C2CCCCC2)c2ccc(C(=O)NS(=O)(=O)N(C)C)cc21. The van der Waals surface area contributed by atoms with Gasteiger partial charge in [-0.25, -0.2) is 4.72 Å². The molecule has 10 nitrogen and oxygen atoms in total. The first kappa shape index (κ1) is 31.0. The third kappa shape index (κ3) is 5.22. The molecule has 3 aliphatic heterocycles. The molecule has 11 heteroatoms. The molecule has 3 fully saturated rings. The lowest BCUT2D eigenvalue weighted by Gasteiger charge is -2.40. The van der Waals surface area contributed by atoms with Crippen LogP contribution in [0.1, 0.15) is 72.3 Å². The maximum absolute atomic E-state index is 14.6. The number of benzene rings is 2. The zero-order valence-electron chi connectivity index (χ0n) is 27.1. The van der Waals surface area contributed by atoms with Crippen molar-refractivity contribution in [3.05, 3.63) is 58.7 Å². The fourth-order valence-electron chi connectivity index (χ4n) is 8.25. The molecule has 2 aromatic carbocycles. The molecule has 46 heavy (non-hydrogen) atoms. The lowest BCUT2D eigenvalue weighted by Crippen LogP contribution is -2.55. The first-order valence-electron chi connectivity index (χ1n) is 16.4. The van der Waals surface area contributed by atoms with E-state index in [4.69, 9.17) is 4.74 Å². The fourth-order valence-corrected chi connectivity index (χ4v) is 8.79. The predicted octanol–water partition coefficient (Wildman–Crippen LogP) is 4.60. The highest BCUT2D eigenvalue weighted by atomic mass is 32.2.